The molecule has 3 aliphatic heterocycles. The van der Waals surface area contributed by atoms with Crippen molar-refractivity contribution >= 4 is 24.8 Å². The van der Waals surface area contributed by atoms with Crippen molar-refractivity contribution in [3.63, 3.8) is 0 Å². The number of benzene rings is 1. The van der Waals surface area contributed by atoms with E-state index in [1.165, 1.54) is 11.0 Å². The van der Waals surface area contributed by atoms with Gasteiger partial charge in [0, 0.05) is 12.6 Å². The van der Waals surface area contributed by atoms with Crippen molar-refractivity contribution in [1.29, 1.82) is 0 Å². The van der Waals surface area contributed by atoms with Gasteiger partial charge in [-0.05, 0) is 18.1 Å². The maximum Gasteiger partial charge on any atom is 0.430 e. The van der Waals surface area contributed by atoms with Gasteiger partial charge < -0.3 is 35.2 Å². The second kappa shape index (κ2) is 7.18. The molecule has 5 N–H and O–H groups in total. The van der Waals surface area contributed by atoms with Gasteiger partial charge in [0.15, 0.2) is 0 Å². The van der Waals surface area contributed by atoms with Gasteiger partial charge in [-0.15, -0.1) is 0 Å². The second-order valence-corrected chi connectivity index (χ2v) is 7.38. The number of aryl methyl sites for hydroxylation is 1. The molecule has 0 aliphatic carbocycles. The number of fused-ring (bicyclic) bond motifs is 1. The molecule has 1 amide bonds. The van der Waals surface area contributed by atoms with Crippen LogP contribution in [0.15, 0.2) is 28.9 Å². The lowest BCUT2D eigenvalue weighted by Gasteiger charge is -2.41. The van der Waals surface area contributed by atoms with Crippen LogP contribution in [0.2, 0.25) is 6.32 Å². The fourth-order valence-electron chi connectivity index (χ4n) is 3.62. The number of allylic oxidation sites excluding steroid dienone is 1. The van der Waals surface area contributed by atoms with Crippen LogP contribution in [0.25, 0.3) is 0 Å². The van der Waals surface area contributed by atoms with E-state index in [0.717, 1.165) is 0 Å². The summed E-state index contributed by atoms with van der Waals surface area (Å²) in [6, 6.07) is 2.34. The van der Waals surface area contributed by atoms with Crippen molar-refractivity contribution in [2.24, 2.45) is 10.7 Å². The highest BCUT2D eigenvalue weighted by molar-refractivity contribution is 6.59. The van der Waals surface area contributed by atoms with Crippen molar-refractivity contribution in [2.75, 3.05) is 13.1 Å². The molecule has 154 valence electrons. The third-order valence-corrected chi connectivity index (χ3v) is 5.22. The lowest BCUT2D eigenvalue weighted by Crippen LogP contribution is -2.60. The summed E-state index contributed by atoms with van der Waals surface area (Å²) >= 11 is 0. The van der Waals surface area contributed by atoms with E-state index in [0.29, 0.717) is 17.7 Å². The highest BCUT2D eigenvalue weighted by atomic mass is 16.6. The van der Waals surface area contributed by atoms with E-state index >= 15 is 0 Å². The number of carbonyl (C=O) groups excluding carboxylic acids is 1. The minimum atomic E-state index is -3.10. The van der Waals surface area contributed by atoms with Crippen LogP contribution >= 0.6 is 0 Å². The zero-order chi connectivity index (χ0) is 20.8. The van der Waals surface area contributed by atoms with Gasteiger partial charge in [0.2, 0.25) is 5.91 Å². The maximum atomic E-state index is 12.4. The Morgan fingerprint density at radius 3 is 2.76 bits per heavy atom. The summed E-state index contributed by atoms with van der Waals surface area (Å²) in [6.07, 6.45) is 4.00. The lowest BCUT2D eigenvalue weighted by molar-refractivity contribution is -0.140. The van der Waals surface area contributed by atoms with E-state index in [-0.39, 0.29) is 48.8 Å². The molecule has 0 aromatic heterocycles. The minimum Gasteiger partial charge on any atom is -0.669 e. The second-order valence-electron chi connectivity index (χ2n) is 7.38. The predicted molar refractivity (Wildman–Crippen MR) is 103 cm³/mol. The number of rotatable bonds is 5. The minimum absolute atomic E-state index is 0.00725. The Kier molecular flexibility index (Phi) is 4.81. The lowest BCUT2D eigenvalue weighted by atomic mass is 9.70. The average Bonchev–Trinajstić information content (AvgIpc) is 3.16. The van der Waals surface area contributed by atoms with Crippen LogP contribution in [0.5, 0.6) is 11.5 Å². The molecule has 1 atom stereocenters. The van der Waals surface area contributed by atoms with E-state index in [4.69, 9.17) is 15.1 Å². The van der Waals surface area contributed by atoms with Crippen LogP contribution in [0.3, 0.4) is 0 Å². The molecule has 0 radical (unpaired) electrons. The predicted octanol–water partition coefficient (Wildman–Crippen LogP) is -0.481. The number of hydrogen-bond donors (Lipinski definition) is 4. The van der Waals surface area contributed by atoms with Gasteiger partial charge in [0.1, 0.15) is 23.5 Å². The molecule has 10 nitrogen and oxygen atoms in total. The van der Waals surface area contributed by atoms with Crippen LogP contribution in [0.1, 0.15) is 22.3 Å². The van der Waals surface area contributed by atoms with Crippen molar-refractivity contribution in [3.8, 4) is 11.5 Å². The van der Waals surface area contributed by atoms with Gasteiger partial charge in [-0.3, -0.25) is 9.79 Å². The molecule has 1 aromatic rings. The van der Waals surface area contributed by atoms with Crippen LogP contribution in [-0.2, 0) is 11.2 Å². The number of carbonyl (C=O) groups is 2. The molecule has 0 saturated carbocycles. The summed E-state index contributed by atoms with van der Waals surface area (Å²) in [7, 11) is 0. The molecule has 11 heteroatoms. The molecular formula is C18H21BN3O7-. The molecule has 0 spiro atoms. The van der Waals surface area contributed by atoms with Crippen molar-refractivity contribution < 1.29 is 34.1 Å². The van der Waals surface area contributed by atoms with E-state index in [2.05, 4.69) is 4.99 Å². The zero-order valence-corrected chi connectivity index (χ0v) is 15.5. The molecule has 3 heterocycles. The Balaban J connectivity index is 1.45. The highest BCUT2D eigenvalue weighted by Gasteiger charge is 2.38. The fraction of sp³-hybridized carbons (Fsp3) is 0.389. The Labute approximate surface area is 166 Å². The third-order valence-electron chi connectivity index (χ3n) is 5.22. The fourth-order valence-corrected chi connectivity index (χ4v) is 3.62. The SMILES string of the molecule is NC(C(=O)N1CC(Oc2ccc3c(c2C(=O)O)O[B-](O)(O)CC3)C1)C1=CCC=N1. The largest absolute Gasteiger partial charge is 0.669 e. The van der Waals surface area contributed by atoms with Crippen LogP contribution in [0, 0.1) is 0 Å². The number of carboxylic acid groups (broad SMARTS) is 1. The standard InChI is InChI=1S/C18H21BN3O7/c20-15(12-2-1-7-21-12)17(23)22-8-11(9-22)28-13-4-3-10-5-6-19(26,27)29-16(10)14(13)18(24)25/h2-4,7,11,15,26-27H,1,5-6,8-9,20H2,(H,24,25)/q-1. The maximum absolute atomic E-state index is 12.4. The normalized spacial score (nSPS) is 20.9. The Hall–Kier alpha value is -2.89. The van der Waals surface area contributed by atoms with E-state index in [1.807, 2.05) is 0 Å². The van der Waals surface area contributed by atoms with Gasteiger partial charge >= 0.3 is 12.7 Å². The first-order valence-electron chi connectivity index (χ1n) is 9.37. The molecule has 29 heavy (non-hydrogen) atoms. The van der Waals surface area contributed by atoms with Gasteiger partial charge in [-0.2, -0.15) is 0 Å². The first-order chi connectivity index (χ1) is 13.7. The average molecular weight is 402 g/mol. The summed E-state index contributed by atoms with van der Waals surface area (Å²) in [5.74, 6) is -1.61. The summed E-state index contributed by atoms with van der Waals surface area (Å²) in [5.41, 5.74) is 6.79. The smallest absolute Gasteiger partial charge is 0.430 e. The quantitative estimate of drug-likeness (QED) is 0.482. The van der Waals surface area contributed by atoms with Crippen LogP contribution in [0.4, 0.5) is 0 Å². The number of ether oxygens (including phenoxy) is 1. The molecule has 4 rings (SSSR count). The number of hydrogen-bond acceptors (Lipinski definition) is 8. The Morgan fingerprint density at radius 1 is 1.34 bits per heavy atom. The number of likely N-dealkylation sites (tertiary alicyclic amines) is 1. The topological polar surface area (TPSA) is 155 Å². The van der Waals surface area contributed by atoms with Crippen LogP contribution in [-0.4, -0.2) is 70.1 Å². The van der Waals surface area contributed by atoms with Crippen molar-refractivity contribution in [1.82, 2.24) is 4.90 Å². The monoisotopic (exact) mass is 402 g/mol. The molecule has 1 saturated heterocycles. The van der Waals surface area contributed by atoms with Crippen LogP contribution < -0.4 is 15.1 Å². The first kappa shape index (κ1) is 19.4. The number of aromatic carboxylic acids is 1. The van der Waals surface area contributed by atoms with E-state index in [9.17, 15) is 24.7 Å². The molecule has 0 bridgehead atoms. The summed E-state index contributed by atoms with van der Waals surface area (Å²) < 4.78 is 10.9. The number of aliphatic imine (C=N–C) groups is 1. The first-order valence-corrected chi connectivity index (χ1v) is 9.37. The van der Waals surface area contributed by atoms with E-state index in [1.54, 1.807) is 18.4 Å². The van der Waals surface area contributed by atoms with Gasteiger partial charge in [-0.25, -0.2) is 4.79 Å². The molecule has 1 fully saturated rings. The Bertz CT molecular complexity index is 924. The summed E-state index contributed by atoms with van der Waals surface area (Å²) in [6.45, 7) is -2.59. The molecule has 1 aromatic carbocycles. The Morgan fingerprint density at radius 2 is 2.10 bits per heavy atom. The van der Waals surface area contributed by atoms with Gasteiger partial charge in [0.25, 0.3) is 0 Å². The number of amides is 1. The number of nitrogens with two attached hydrogens (primary N) is 1. The summed E-state index contributed by atoms with van der Waals surface area (Å²) in [5, 5.41) is 29.2. The number of nitrogens with zero attached hydrogens (tertiary/aromatic N) is 2. The third kappa shape index (κ3) is 3.71. The highest BCUT2D eigenvalue weighted by Crippen LogP contribution is 2.39. The molecule has 3 aliphatic rings. The van der Waals surface area contributed by atoms with Gasteiger partial charge in [0.05, 0.1) is 24.5 Å². The zero-order valence-electron chi connectivity index (χ0n) is 15.5. The van der Waals surface area contributed by atoms with Crippen molar-refractivity contribution in [2.45, 2.75) is 31.3 Å². The molecular weight excluding hydrogens is 381 g/mol. The molecule has 1 unspecified atom stereocenters. The van der Waals surface area contributed by atoms with Gasteiger partial charge in [-0.1, -0.05) is 18.5 Å². The van der Waals surface area contributed by atoms with Crippen molar-refractivity contribution in [3.05, 3.63) is 35.0 Å². The number of carboxylic acids is 1. The van der Waals surface area contributed by atoms with E-state index < -0.39 is 24.9 Å². The summed E-state index contributed by atoms with van der Waals surface area (Å²) in [4.78, 5) is 29.8.